The van der Waals surface area contributed by atoms with E-state index in [-0.39, 0.29) is 23.8 Å². The fourth-order valence-electron chi connectivity index (χ4n) is 1.97. The van der Waals surface area contributed by atoms with Crippen molar-refractivity contribution in [3.8, 4) is 16.2 Å². The number of nitrogens with one attached hydrogen (secondary N) is 2. The minimum absolute atomic E-state index is 0.0527. The molecule has 0 aliphatic heterocycles. The summed E-state index contributed by atoms with van der Waals surface area (Å²) >= 11 is 18.3. The molecule has 2 rings (SSSR count). The lowest BCUT2D eigenvalue weighted by molar-refractivity contribution is -0.136. The van der Waals surface area contributed by atoms with Crippen molar-refractivity contribution < 1.29 is 15.0 Å². The summed E-state index contributed by atoms with van der Waals surface area (Å²) in [4.78, 5) is 11.1. The van der Waals surface area contributed by atoms with Crippen LogP contribution >= 0.6 is 46.8 Å². The van der Waals surface area contributed by atoms with Gasteiger partial charge in [0.2, 0.25) is 0 Å². The molecule has 0 spiro atoms. The molecule has 0 saturated carbocycles. The van der Waals surface area contributed by atoms with Crippen molar-refractivity contribution in [1.29, 1.82) is 0 Å². The molecule has 2 aromatic rings. The van der Waals surface area contributed by atoms with Gasteiger partial charge >= 0.3 is 5.97 Å². The van der Waals surface area contributed by atoms with E-state index in [1.165, 1.54) is 11.3 Å². The number of thiophene rings is 1. The number of hydrazone groups is 1. The Hall–Kier alpha value is -1.87. The molecule has 4 N–H and O–H groups in total. The second-order valence-corrected chi connectivity index (χ2v) is 7.27. The topological polar surface area (TPSA) is 94.0 Å². The van der Waals surface area contributed by atoms with Crippen LogP contribution in [0.2, 0.25) is 10.0 Å². The van der Waals surface area contributed by atoms with E-state index in [4.69, 9.17) is 40.5 Å². The molecule has 1 aromatic carbocycles. The lowest BCUT2D eigenvalue weighted by atomic mass is 10.1. The van der Waals surface area contributed by atoms with Gasteiger partial charge < -0.3 is 15.5 Å². The van der Waals surface area contributed by atoms with Crippen molar-refractivity contribution in [3.05, 3.63) is 39.2 Å². The molecule has 1 heterocycles. The molecule has 26 heavy (non-hydrogen) atoms. The van der Waals surface area contributed by atoms with Gasteiger partial charge in [0.15, 0.2) is 5.11 Å². The van der Waals surface area contributed by atoms with Crippen LogP contribution in [0.3, 0.4) is 0 Å². The zero-order valence-corrected chi connectivity index (χ0v) is 16.7. The van der Waals surface area contributed by atoms with Crippen LogP contribution in [0.15, 0.2) is 28.7 Å². The minimum Gasteiger partial charge on any atom is -0.506 e. The van der Waals surface area contributed by atoms with Gasteiger partial charge in [0.1, 0.15) is 5.75 Å². The summed E-state index contributed by atoms with van der Waals surface area (Å²) in [6.07, 6.45) is -0.0527. The number of hydrogen-bond donors (Lipinski definition) is 4. The number of benzene rings is 1. The van der Waals surface area contributed by atoms with E-state index < -0.39 is 5.97 Å². The normalized spacial score (nSPS) is 11.3. The van der Waals surface area contributed by atoms with Crippen molar-refractivity contribution in [3.63, 3.8) is 0 Å². The highest BCUT2D eigenvalue weighted by molar-refractivity contribution is 7.80. The summed E-state index contributed by atoms with van der Waals surface area (Å²) in [7, 11) is 0. The molecule has 0 bridgehead atoms. The highest BCUT2D eigenvalue weighted by Crippen LogP contribution is 2.40. The van der Waals surface area contributed by atoms with Gasteiger partial charge in [-0.15, -0.1) is 11.3 Å². The zero-order valence-electron chi connectivity index (χ0n) is 13.5. The van der Waals surface area contributed by atoms with Crippen molar-refractivity contribution in [2.45, 2.75) is 13.3 Å². The Balaban J connectivity index is 2.09. The number of hydrogen-bond acceptors (Lipinski definition) is 5. The highest BCUT2D eigenvalue weighted by atomic mass is 35.5. The van der Waals surface area contributed by atoms with Gasteiger partial charge in [-0.1, -0.05) is 29.3 Å². The van der Waals surface area contributed by atoms with E-state index in [0.29, 0.717) is 26.2 Å². The summed E-state index contributed by atoms with van der Waals surface area (Å²) in [6, 6.07) is 5.13. The zero-order chi connectivity index (χ0) is 19.3. The van der Waals surface area contributed by atoms with Gasteiger partial charge in [0, 0.05) is 11.9 Å². The van der Waals surface area contributed by atoms with Gasteiger partial charge in [-0.25, -0.2) is 0 Å². The molecule has 0 aliphatic rings. The summed E-state index contributed by atoms with van der Waals surface area (Å²) in [5.41, 5.74) is 4.44. The third kappa shape index (κ3) is 5.31. The van der Waals surface area contributed by atoms with E-state index in [0.717, 1.165) is 5.56 Å². The quantitative estimate of drug-likeness (QED) is 0.312. The fraction of sp³-hybridized carbons (Fsp3) is 0.188. The molecular weight excluding hydrogens is 417 g/mol. The van der Waals surface area contributed by atoms with Gasteiger partial charge in [-0.2, -0.15) is 5.10 Å². The Morgan fingerprint density at radius 3 is 2.73 bits per heavy atom. The maximum Gasteiger partial charge on any atom is 0.305 e. The van der Waals surface area contributed by atoms with Gasteiger partial charge in [0.25, 0.3) is 0 Å². The Kier molecular flexibility index (Phi) is 7.22. The number of carboxylic acid groups (broad SMARTS) is 1. The molecule has 10 heteroatoms. The van der Waals surface area contributed by atoms with E-state index in [1.54, 1.807) is 30.5 Å². The number of halogens is 2. The number of carboxylic acids is 1. The van der Waals surface area contributed by atoms with E-state index in [2.05, 4.69) is 15.8 Å². The van der Waals surface area contributed by atoms with Crippen LogP contribution in [0, 0.1) is 0 Å². The van der Waals surface area contributed by atoms with Gasteiger partial charge in [-0.05, 0) is 36.8 Å². The third-order valence-corrected chi connectivity index (χ3v) is 5.28. The first-order chi connectivity index (χ1) is 12.3. The Bertz CT molecular complexity index is 868. The number of carbonyl (C=O) groups is 1. The first-order valence-electron chi connectivity index (χ1n) is 7.35. The second kappa shape index (κ2) is 9.18. The first kappa shape index (κ1) is 20.4. The number of rotatable bonds is 6. The number of nitrogens with zero attached hydrogens (tertiary/aromatic N) is 1. The van der Waals surface area contributed by atoms with Crippen LogP contribution in [-0.2, 0) is 4.79 Å². The van der Waals surface area contributed by atoms with Crippen LogP contribution in [0.25, 0.3) is 10.4 Å². The Morgan fingerprint density at radius 1 is 1.35 bits per heavy atom. The summed E-state index contributed by atoms with van der Waals surface area (Å²) in [5, 5.41) is 28.7. The Morgan fingerprint density at radius 2 is 2.08 bits per heavy atom. The smallest absolute Gasteiger partial charge is 0.305 e. The maximum absolute atomic E-state index is 10.5. The predicted molar refractivity (Wildman–Crippen MR) is 110 cm³/mol. The van der Waals surface area contributed by atoms with Crippen LogP contribution < -0.4 is 10.7 Å². The van der Waals surface area contributed by atoms with E-state index in [1.807, 2.05) is 0 Å². The minimum atomic E-state index is -0.919. The molecular formula is C16H15Cl2N3O3S2. The van der Waals surface area contributed by atoms with Crippen LogP contribution in [0.5, 0.6) is 5.75 Å². The molecule has 1 aromatic heterocycles. The molecule has 0 fully saturated rings. The molecule has 6 nitrogen and oxygen atoms in total. The molecule has 0 unspecified atom stereocenters. The van der Waals surface area contributed by atoms with E-state index in [9.17, 15) is 9.90 Å². The third-order valence-electron chi connectivity index (χ3n) is 3.29. The monoisotopic (exact) mass is 431 g/mol. The van der Waals surface area contributed by atoms with Crippen molar-refractivity contribution in [2.75, 3.05) is 6.54 Å². The molecule has 0 saturated heterocycles. The number of aliphatic carboxylic acids is 1. The Labute approximate surface area is 169 Å². The number of thiocarbonyl (C=S) groups is 1. The molecule has 0 atom stereocenters. The molecule has 0 radical (unpaired) electrons. The molecule has 0 amide bonds. The van der Waals surface area contributed by atoms with Crippen LogP contribution in [0.1, 0.15) is 18.9 Å². The predicted octanol–water partition coefficient (Wildman–Crippen LogP) is 4.09. The summed E-state index contributed by atoms with van der Waals surface area (Å²) in [6.45, 7) is 1.91. The second-order valence-electron chi connectivity index (χ2n) is 5.16. The molecule has 138 valence electrons. The van der Waals surface area contributed by atoms with Crippen molar-refractivity contribution in [2.24, 2.45) is 5.10 Å². The first-order valence-corrected chi connectivity index (χ1v) is 9.40. The van der Waals surface area contributed by atoms with E-state index >= 15 is 0 Å². The van der Waals surface area contributed by atoms with Crippen LogP contribution in [0.4, 0.5) is 0 Å². The standard InChI is InChI=1S/C16H15Cl2N3O3S2/c1-8(20-21-16(25)19-5-4-13(22)23)10-7-26-15(14(10)24)9-2-3-11(17)12(18)6-9/h2-3,6-7,24H,4-5H2,1H3,(H,22,23)(H2,19,21,25). The lowest BCUT2D eigenvalue weighted by Gasteiger charge is -2.07. The van der Waals surface area contributed by atoms with Gasteiger partial charge in [0.05, 0.1) is 32.6 Å². The summed E-state index contributed by atoms with van der Waals surface area (Å²) in [5.74, 6) is -0.834. The van der Waals surface area contributed by atoms with Crippen LogP contribution in [-0.4, -0.2) is 33.6 Å². The fourth-order valence-corrected chi connectivity index (χ4v) is 3.42. The lowest BCUT2D eigenvalue weighted by Crippen LogP contribution is -2.34. The van der Waals surface area contributed by atoms with Crippen molar-refractivity contribution >= 4 is 63.5 Å². The largest absolute Gasteiger partial charge is 0.506 e. The van der Waals surface area contributed by atoms with Crippen molar-refractivity contribution in [1.82, 2.24) is 10.7 Å². The average Bonchev–Trinajstić information content (AvgIpc) is 2.96. The van der Waals surface area contributed by atoms with Gasteiger partial charge in [-0.3, -0.25) is 10.2 Å². The average molecular weight is 432 g/mol. The molecule has 0 aliphatic carbocycles. The maximum atomic E-state index is 10.5. The SMILES string of the molecule is CC(=NNC(=S)NCCC(=O)O)c1csc(-c2ccc(Cl)c(Cl)c2)c1O. The highest BCUT2D eigenvalue weighted by Gasteiger charge is 2.15. The number of aromatic hydroxyl groups is 1. The summed E-state index contributed by atoms with van der Waals surface area (Å²) < 4.78 is 0.